The molecular weight excluding hydrogens is 767 g/mol. The number of para-hydroxylation sites is 2. The van der Waals surface area contributed by atoms with E-state index in [4.69, 9.17) is 0 Å². The molecule has 62 heavy (non-hydrogen) atoms. The second-order valence-corrected chi connectivity index (χ2v) is 16.6. The lowest BCUT2D eigenvalue weighted by atomic mass is 9.88. The Morgan fingerprint density at radius 1 is 0.242 bits per heavy atom. The molecule has 0 amide bonds. The number of hydrogen-bond donors (Lipinski definition) is 0. The highest BCUT2D eigenvalue weighted by atomic mass is 32.1. The zero-order valence-corrected chi connectivity index (χ0v) is 34.8. The minimum atomic E-state index is 1.08. The molecule has 0 spiro atoms. The molecule has 0 radical (unpaired) electrons. The lowest BCUT2D eigenvalue weighted by Gasteiger charge is -2.30. The molecular formula is C60H41NS. The van der Waals surface area contributed by atoms with Crippen LogP contribution in [-0.2, 0) is 0 Å². The lowest BCUT2D eigenvalue weighted by molar-refractivity contribution is 1.28. The monoisotopic (exact) mass is 807 g/mol. The van der Waals surface area contributed by atoms with Gasteiger partial charge in [-0.2, -0.15) is 0 Å². The summed E-state index contributed by atoms with van der Waals surface area (Å²) >= 11 is 1.87. The molecule has 11 rings (SSSR count). The molecule has 292 valence electrons. The van der Waals surface area contributed by atoms with E-state index in [2.05, 4.69) is 254 Å². The van der Waals surface area contributed by atoms with Gasteiger partial charge in [-0.15, -0.1) is 11.3 Å². The van der Waals surface area contributed by atoms with Gasteiger partial charge >= 0.3 is 0 Å². The van der Waals surface area contributed by atoms with Gasteiger partial charge in [0.25, 0.3) is 0 Å². The lowest BCUT2D eigenvalue weighted by Crippen LogP contribution is -2.12. The molecule has 0 atom stereocenters. The normalized spacial score (nSPS) is 11.2. The van der Waals surface area contributed by atoms with Crippen LogP contribution >= 0.6 is 11.3 Å². The van der Waals surface area contributed by atoms with E-state index >= 15 is 0 Å². The fraction of sp³-hybridized carbons (Fsp3) is 0. The fourth-order valence-electron chi connectivity index (χ4n) is 8.99. The number of rotatable bonds is 9. The first-order valence-corrected chi connectivity index (χ1v) is 22.0. The SMILES string of the molecule is c1ccc(-c2ccc(-c3ccc(N(c4ccccc4-c4ccccc4-c4ccccc4-c4ccccc4)c4ccccc4-c4cccc5c4sc4ccccc45)cc3)cc2)cc1. The largest absolute Gasteiger partial charge is 0.309 e. The van der Waals surface area contributed by atoms with Crippen LogP contribution in [0.1, 0.15) is 0 Å². The summed E-state index contributed by atoms with van der Waals surface area (Å²) in [5.74, 6) is 0. The van der Waals surface area contributed by atoms with Crippen molar-refractivity contribution in [3.63, 3.8) is 0 Å². The van der Waals surface area contributed by atoms with Gasteiger partial charge in [-0.3, -0.25) is 0 Å². The summed E-state index contributed by atoms with van der Waals surface area (Å²) in [6, 6.07) is 90.3. The molecule has 11 aromatic rings. The second-order valence-electron chi connectivity index (χ2n) is 15.6. The molecule has 0 saturated carbocycles. The van der Waals surface area contributed by atoms with Crippen LogP contribution in [-0.4, -0.2) is 0 Å². The molecule has 0 fully saturated rings. The van der Waals surface area contributed by atoms with Gasteiger partial charge < -0.3 is 4.90 Å². The molecule has 0 aliphatic rings. The maximum Gasteiger partial charge on any atom is 0.0540 e. The van der Waals surface area contributed by atoms with Gasteiger partial charge in [-0.25, -0.2) is 0 Å². The molecule has 0 aliphatic carbocycles. The van der Waals surface area contributed by atoms with Crippen LogP contribution in [0.2, 0.25) is 0 Å². The summed E-state index contributed by atoms with van der Waals surface area (Å²) in [7, 11) is 0. The van der Waals surface area contributed by atoms with Crippen molar-refractivity contribution in [2.75, 3.05) is 4.90 Å². The summed E-state index contributed by atoms with van der Waals surface area (Å²) in [6.07, 6.45) is 0. The number of fused-ring (bicyclic) bond motifs is 3. The molecule has 1 heterocycles. The van der Waals surface area contributed by atoms with E-state index in [9.17, 15) is 0 Å². The topological polar surface area (TPSA) is 3.24 Å². The van der Waals surface area contributed by atoms with Crippen molar-refractivity contribution in [1.82, 2.24) is 0 Å². The van der Waals surface area contributed by atoms with E-state index in [0.717, 1.165) is 22.6 Å². The summed E-state index contributed by atoms with van der Waals surface area (Å²) in [5.41, 5.74) is 17.7. The van der Waals surface area contributed by atoms with Gasteiger partial charge in [0.2, 0.25) is 0 Å². The van der Waals surface area contributed by atoms with Crippen LogP contribution in [0.5, 0.6) is 0 Å². The number of anilines is 3. The Hall–Kier alpha value is -7.78. The zero-order chi connectivity index (χ0) is 41.2. The van der Waals surface area contributed by atoms with Crippen LogP contribution in [0.25, 0.3) is 86.9 Å². The van der Waals surface area contributed by atoms with Gasteiger partial charge in [0.05, 0.1) is 11.4 Å². The quantitative estimate of drug-likeness (QED) is 0.140. The third-order valence-corrected chi connectivity index (χ3v) is 13.2. The minimum absolute atomic E-state index is 1.08. The molecule has 0 unspecified atom stereocenters. The predicted octanol–water partition coefficient (Wildman–Crippen LogP) is 17.5. The average molecular weight is 808 g/mol. The standard InChI is InChI=1S/C60H41NS/c1-3-18-42(19-4-1)43-34-36-44(37-35-43)45-38-40-47(41-39-45)61(58-32-15-12-27-53(58)55-29-17-30-56-54-28-13-16-33-59(54)62-60(55)56)57-31-14-11-26-52(57)51-25-10-9-24-50(51)49-23-8-7-22-48(49)46-20-5-2-6-21-46/h1-41H. The van der Waals surface area contributed by atoms with E-state index in [1.807, 2.05) is 11.3 Å². The maximum absolute atomic E-state index is 2.47. The van der Waals surface area contributed by atoms with Gasteiger partial charge in [0, 0.05) is 42.6 Å². The zero-order valence-electron chi connectivity index (χ0n) is 34.0. The van der Waals surface area contributed by atoms with Gasteiger partial charge in [-0.05, 0) is 80.4 Å². The van der Waals surface area contributed by atoms with Crippen LogP contribution in [0, 0.1) is 0 Å². The Morgan fingerprint density at radius 3 is 1.24 bits per heavy atom. The number of nitrogens with zero attached hydrogens (tertiary/aromatic N) is 1. The van der Waals surface area contributed by atoms with Crippen molar-refractivity contribution in [3.8, 4) is 66.8 Å². The molecule has 2 heteroatoms. The third-order valence-electron chi connectivity index (χ3n) is 12.0. The maximum atomic E-state index is 2.47. The van der Waals surface area contributed by atoms with Crippen molar-refractivity contribution >= 4 is 48.6 Å². The van der Waals surface area contributed by atoms with Gasteiger partial charge in [0.15, 0.2) is 0 Å². The van der Waals surface area contributed by atoms with Crippen molar-refractivity contribution in [2.45, 2.75) is 0 Å². The Morgan fingerprint density at radius 2 is 0.629 bits per heavy atom. The third kappa shape index (κ3) is 6.87. The highest BCUT2D eigenvalue weighted by Crippen LogP contribution is 2.49. The first kappa shape index (κ1) is 37.2. The fourth-order valence-corrected chi connectivity index (χ4v) is 10.2. The molecule has 1 aromatic heterocycles. The number of thiophene rings is 1. The Bertz CT molecular complexity index is 3330. The van der Waals surface area contributed by atoms with E-state index in [-0.39, 0.29) is 0 Å². The van der Waals surface area contributed by atoms with Crippen molar-refractivity contribution in [3.05, 3.63) is 249 Å². The van der Waals surface area contributed by atoms with E-state index in [0.29, 0.717) is 0 Å². The van der Waals surface area contributed by atoms with Crippen molar-refractivity contribution < 1.29 is 0 Å². The smallest absolute Gasteiger partial charge is 0.0540 e. The highest BCUT2D eigenvalue weighted by molar-refractivity contribution is 7.26. The molecule has 0 saturated heterocycles. The number of hydrogen-bond acceptors (Lipinski definition) is 2. The Balaban J connectivity index is 1.10. The van der Waals surface area contributed by atoms with E-state index < -0.39 is 0 Å². The molecule has 10 aromatic carbocycles. The van der Waals surface area contributed by atoms with E-state index in [1.54, 1.807) is 0 Å². The summed E-state index contributed by atoms with van der Waals surface area (Å²) < 4.78 is 2.60. The summed E-state index contributed by atoms with van der Waals surface area (Å²) in [4.78, 5) is 2.47. The summed E-state index contributed by atoms with van der Waals surface area (Å²) in [5, 5.41) is 2.59. The molecule has 0 N–H and O–H groups in total. The first-order chi connectivity index (χ1) is 30.8. The van der Waals surface area contributed by atoms with Gasteiger partial charge in [-0.1, -0.05) is 218 Å². The Kier molecular flexibility index (Phi) is 9.82. The summed E-state index contributed by atoms with van der Waals surface area (Å²) in [6.45, 7) is 0. The highest BCUT2D eigenvalue weighted by Gasteiger charge is 2.23. The van der Waals surface area contributed by atoms with Crippen molar-refractivity contribution in [2.24, 2.45) is 0 Å². The van der Waals surface area contributed by atoms with Crippen LogP contribution < -0.4 is 4.90 Å². The van der Waals surface area contributed by atoms with E-state index in [1.165, 1.54) is 81.4 Å². The van der Waals surface area contributed by atoms with Crippen LogP contribution in [0.4, 0.5) is 17.1 Å². The Labute approximate surface area is 367 Å². The number of benzene rings is 10. The van der Waals surface area contributed by atoms with Crippen LogP contribution in [0.15, 0.2) is 249 Å². The predicted molar refractivity (Wildman–Crippen MR) is 267 cm³/mol. The minimum Gasteiger partial charge on any atom is -0.309 e. The van der Waals surface area contributed by atoms with Crippen LogP contribution in [0.3, 0.4) is 0 Å². The van der Waals surface area contributed by atoms with Gasteiger partial charge in [0.1, 0.15) is 0 Å². The molecule has 0 aliphatic heterocycles. The molecule has 1 nitrogen and oxygen atoms in total. The first-order valence-electron chi connectivity index (χ1n) is 21.2. The average Bonchev–Trinajstić information content (AvgIpc) is 3.75. The van der Waals surface area contributed by atoms with Crippen molar-refractivity contribution in [1.29, 1.82) is 0 Å². The molecule has 0 bridgehead atoms. The second kappa shape index (κ2) is 16.3.